The number of phenolic OH excluding ortho intramolecular Hbond substituents is 1. The Morgan fingerprint density at radius 2 is 2.07 bits per heavy atom. The largest absolute Gasteiger partial charge is 0.508 e. The summed E-state index contributed by atoms with van der Waals surface area (Å²) in [7, 11) is 0. The molecule has 4 aliphatic rings. The number of fused-ring (bicyclic) bond motifs is 1. The molecular formula is C23H32ClNO2. The molecule has 1 aromatic rings. The van der Waals surface area contributed by atoms with Gasteiger partial charge in [-0.05, 0) is 73.2 Å². The van der Waals surface area contributed by atoms with Crippen LogP contribution < -0.4 is 0 Å². The zero-order chi connectivity index (χ0) is 17.9. The second-order valence-electron chi connectivity index (χ2n) is 9.42. The van der Waals surface area contributed by atoms with E-state index in [2.05, 4.69) is 17.9 Å². The second kappa shape index (κ2) is 7.08. The molecule has 4 atom stereocenters. The minimum Gasteiger partial charge on any atom is -0.508 e. The van der Waals surface area contributed by atoms with Gasteiger partial charge in [0.15, 0.2) is 0 Å². The molecule has 1 aromatic carbocycles. The van der Waals surface area contributed by atoms with Crippen LogP contribution in [-0.2, 0) is 16.6 Å². The third-order valence-corrected chi connectivity index (χ3v) is 8.18. The van der Waals surface area contributed by atoms with Gasteiger partial charge in [-0.15, -0.1) is 12.4 Å². The molecule has 4 heteroatoms. The van der Waals surface area contributed by atoms with Crippen molar-refractivity contribution in [2.24, 2.45) is 17.8 Å². The number of hydrogen-bond donors (Lipinski definition) is 1. The molecule has 1 N–H and O–H groups in total. The fraction of sp³-hybridized carbons (Fsp3) is 0.696. The van der Waals surface area contributed by atoms with Gasteiger partial charge in [0.25, 0.3) is 0 Å². The van der Waals surface area contributed by atoms with Gasteiger partial charge in [0.2, 0.25) is 0 Å². The van der Waals surface area contributed by atoms with Gasteiger partial charge in [0.1, 0.15) is 11.5 Å². The van der Waals surface area contributed by atoms with Crippen molar-refractivity contribution in [2.45, 2.75) is 69.7 Å². The van der Waals surface area contributed by atoms with Gasteiger partial charge in [-0.1, -0.05) is 25.8 Å². The van der Waals surface area contributed by atoms with Crippen molar-refractivity contribution in [1.29, 1.82) is 0 Å². The Hall–Kier alpha value is -1.06. The lowest BCUT2D eigenvalue weighted by molar-refractivity contribution is -0.132. The fourth-order valence-corrected chi connectivity index (χ4v) is 6.81. The zero-order valence-corrected chi connectivity index (χ0v) is 17.1. The molecule has 2 bridgehead atoms. The van der Waals surface area contributed by atoms with Gasteiger partial charge < -0.3 is 5.11 Å². The zero-order valence-electron chi connectivity index (χ0n) is 16.3. The fourth-order valence-electron chi connectivity index (χ4n) is 6.81. The average molecular weight is 390 g/mol. The molecule has 27 heavy (non-hydrogen) atoms. The third-order valence-electron chi connectivity index (χ3n) is 8.18. The molecule has 148 valence electrons. The number of ketones is 1. The Labute approximate surface area is 168 Å². The van der Waals surface area contributed by atoms with Crippen molar-refractivity contribution >= 4 is 18.2 Å². The van der Waals surface area contributed by atoms with Crippen molar-refractivity contribution in [3.05, 3.63) is 29.3 Å². The van der Waals surface area contributed by atoms with Crippen molar-refractivity contribution in [3.8, 4) is 5.75 Å². The molecule has 0 radical (unpaired) electrons. The first-order valence-electron chi connectivity index (χ1n) is 10.7. The summed E-state index contributed by atoms with van der Waals surface area (Å²) in [5.74, 6) is 2.78. The molecule has 5 rings (SSSR count). The maximum Gasteiger partial charge on any atom is 0.134 e. The number of hydrogen-bond acceptors (Lipinski definition) is 3. The van der Waals surface area contributed by atoms with Crippen LogP contribution in [0.1, 0.15) is 63.0 Å². The molecule has 1 aliphatic heterocycles. The number of benzene rings is 1. The van der Waals surface area contributed by atoms with Gasteiger partial charge in [0.05, 0.1) is 0 Å². The van der Waals surface area contributed by atoms with E-state index >= 15 is 0 Å². The van der Waals surface area contributed by atoms with Crippen molar-refractivity contribution in [3.63, 3.8) is 0 Å². The molecular weight excluding hydrogens is 358 g/mol. The first-order valence-corrected chi connectivity index (χ1v) is 10.7. The van der Waals surface area contributed by atoms with E-state index in [1.54, 1.807) is 0 Å². The summed E-state index contributed by atoms with van der Waals surface area (Å²) in [6, 6.07) is 6.54. The van der Waals surface area contributed by atoms with Gasteiger partial charge in [-0.2, -0.15) is 0 Å². The summed E-state index contributed by atoms with van der Waals surface area (Å²) in [6.45, 7) is 4.65. The lowest BCUT2D eigenvalue weighted by Crippen LogP contribution is -2.64. The van der Waals surface area contributed by atoms with Crippen LogP contribution in [0.3, 0.4) is 0 Å². The monoisotopic (exact) mass is 389 g/mol. The van der Waals surface area contributed by atoms with Crippen molar-refractivity contribution in [2.75, 3.05) is 13.1 Å². The van der Waals surface area contributed by atoms with Crippen LogP contribution in [0.15, 0.2) is 18.2 Å². The Morgan fingerprint density at radius 1 is 1.26 bits per heavy atom. The predicted octanol–water partition coefficient (Wildman–Crippen LogP) is 4.49. The highest BCUT2D eigenvalue weighted by Gasteiger charge is 2.58. The van der Waals surface area contributed by atoms with Crippen LogP contribution in [0.2, 0.25) is 0 Å². The van der Waals surface area contributed by atoms with Gasteiger partial charge in [-0.25, -0.2) is 0 Å². The lowest BCUT2D eigenvalue weighted by atomic mass is 9.49. The minimum atomic E-state index is -0.0247. The maximum atomic E-state index is 12.7. The van der Waals surface area contributed by atoms with Gasteiger partial charge in [0, 0.05) is 30.8 Å². The quantitative estimate of drug-likeness (QED) is 0.828. The van der Waals surface area contributed by atoms with E-state index in [4.69, 9.17) is 0 Å². The van der Waals surface area contributed by atoms with E-state index in [0.29, 0.717) is 35.8 Å². The standard InChI is InChI=1S/C23H31NO2.ClH/c1-2-16-10-19(26)13-23-8-9-24(14-15-4-3-5-15)21(22(16)23)11-17-6-7-18(25)12-20(17)23;/h6-7,12,15-16,21-22,25H,2-5,8-11,13-14H2,1H3;1H/t16-,21?,22-,23?;/m0./s1. The third kappa shape index (κ3) is 2.93. The number of aromatic hydroxyl groups is 1. The first-order chi connectivity index (χ1) is 12.6. The van der Waals surface area contributed by atoms with Gasteiger partial charge >= 0.3 is 0 Å². The number of nitrogens with zero attached hydrogens (tertiary/aromatic N) is 1. The van der Waals surface area contributed by atoms with Crippen LogP contribution in [-0.4, -0.2) is 34.9 Å². The molecule has 3 nitrogen and oxygen atoms in total. The van der Waals surface area contributed by atoms with Crippen molar-refractivity contribution in [1.82, 2.24) is 4.90 Å². The molecule has 0 spiro atoms. The minimum absolute atomic E-state index is 0. The number of halogens is 1. The Morgan fingerprint density at radius 3 is 2.78 bits per heavy atom. The Kier molecular flexibility index (Phi) is 5.05. The summed E-state index contributed by atoms with van der Waals surface area (Å²) in [6.07, 6.45) is 8.95. The SMILES string of the molecule is CC[C@H]1CC(=O)CC23CCN(CC4CCC4)C(Cc4ccc(O)cc42)[C@H]13.Cl. The number of carbonyl (C=O) groups is 1. The number of likely N-dealkylation sites (tertiary alicyclic amines) is 1. The van der Waals surface area contributed by atoms with E-state index in [9.17, 15) is 9.90 Å². The molecule has 2 unspecified atom stereocenters. The van der Waals surface area contributed by atoms with Crippen LogP contribution in [0.25, 0.3) is 0 Å². The Balaban J connectivity index is 0.00000180. The molecule has 1 heterocycles. The highest BCUT2D eigenvalue weighted by molar-refractivity contribution is 5.85. The summed E-state index contributed by atoms with van der Waals surface area (Å²) in [4.78, 5) is 15.5. The van der Waals surface area contributed by atoms with E-state index in [-0.39, 0.29) is 17.8 Å². The first kappa shape index (κ1) is 19.3. The number of carbonyl (C=O) groups excluding carboxylic acids is 1. The predicted molar refractivity (Wildman–Crippen MR) is 110 cm³/mol. The van der Waals surface area contributed by atoms with E-state index in [1.165, 1.54) is 36.9 Å². The van der Waals surface area contributed by atoms with Crippen LogP contribution in [0, 0.1) is 17.8 Å². The van der Waals surface area contributed by atoms with E-state index in [1.807, 2.05) is 12.1 Å². The maximum absolute atomic E-state index is 12.7. The number of rotatable bonds is 3. The molecule has 1 saturated heterocycles. The van der Waals surface area contributed by atoms with Crippen LogP contribution in [0.5, 0.6) is 5.75 Å². The molecule has 2 saturated carbocycles. The summed E-state index contributed by atoms with van der Waals surface area (Å²) in [5.41, 5.74) is 2.66. The molecule has 3 aliphatic carbocycles. The Bertz CT molecular complexity index is 731. The molecule has 3 fully saturated rings. The summed E-state index contributed by atoms with van der Waals surface area (Å²) < 4.78 is 0. The number of Topliss-reactive ketones (excluding diaryl/α,β-unsaturated/α-hetero) is 1. The molecule has 0 aromatic heterocycles. The summed E-state index contributed by atoms with van der Waals surface area (Å²) >= 11 is 0. The smallest absolute Gasteiger partial charge is 0.134 e. The van der Waals surface area contributed by atoms with Crippen LogP contribution >= 0.6 is 12.4 Å². The lowest BCUT2D eigenvalue weighted by Gasteiger charge is -2.61. The highest BCUT2D eigenvalue weighted by atomic mass is 35.5. The van der Waals surface area contributed by atoms with Crippen molar-refractivity contribution < 1.29 is 9.90 Å². The van der Waals surface area contributed by atoms with E-state index < -0.39 is 0 Å². The molecule has 0 amide bonds. The van der Waals surface area contributed by atoms with Gasteiger partial charge in [-0.3, -0.25) is 9.69 Å². The topological polar surface area (TPSA) is 40.5 Å². The van der Waals surface area contributed by atoms with E-state index in [0.717, 1.165) is 38.1 Å². The highest BCUT2D eigenvalue weighted by Crippen LogP contribution is 2.58. The van der Waals surface area contributed by atoms with Crippen LogP contribution in [0.4, 0.5) is 0 Å². The number of phenols is 1. The second-order valence-corrected chi connectivity index (χ2v) is 9.42. The summed E-state index contributed by atoms with van der Waals surface area (Å²) in [5, 5.41) is 10.2. The average Bonchev–Trinajstić information content (AvgIpc) is 2.59. The number of piperidine rings is 1. The normalized spacial score (nSPS) is 35.6.